The first-order valence-corrected chi connectivity index (χ1v) is 4.22. The fourth-order valence-electron chi connectivity index (χ4n) is 0.999. The molecule has 0 saturated carbocycles. The molecule has 0 aliphatic heterocycles. The van der Waals surface area contributed by atoms with Crippen LogP contribution in [0.1, 0.15) is 13.3 Å². The Hall–Kier alpha value is -1.58. The van der Waals surface area contributed by atoms with Gasteiger partial charge in [0.05, 0.1) is 4.92 Å². The van der Waals surface area contributed by atoms with Crippen molar-refractivity contribution in [1.29, 1.82) is 0 Å². The Balaban J connectivity index is 2.73. The number of hydrogen-bond acceptors (Lipinski definition) is 3. The maximum Gasteiger partial charge on any atom is 0.271 e. The van der Waals surface area contributed by atoms with Crippen LogP contribution in [-0.4, -0.2) is 11.5 Å². The van der Waals surface area contributed by atoms with Crippen LogP contribution in [0.5, 0.6) is 0 Å². The van der Waals surface area contributed by atoms with E-state index in [2.05, 4.69) is 5.32 Å². The van der Waals surface area contributed by atoms with E-state index in [0.717, 1.165) is 18.7 Å². The number of nitro groups is 1. The summed E-state index contributed by atoms with van der Waals surface area (Å²) >= 11 is 0. The van der Waals surface area contributed by atoms with Crippen molar-refractivity contribution in [1.82, 2.24) is 0 Å². The molecule has 4 nitrogen and oxygen atoms in total. The van der Waals surface area contributed by atoms with Gasteiger partial charge in [0.1, 0.15) is 0 Å². The second-order valence-electron chi connectivity index (χ2n) is 2.73. The Kier molecular flexibility index (Phi) is 3.25. The fourth-order valence-corrected chi connectivity index (χ4v) is 0.999. The van der Waals surface area contributed by atoms with Gasteiger partial charge in [0, 0.05) is 24.4 Å². The van der Waals surface area contributed by atoms with Crippen molar-refractivity contribution in [2.75, 3.05) is 11.9 Å². The Morgan fingerprint density at radius 2 is 2.31 bits per heavy atom. The zero-order valence-electron chi connectivity index (χ0n) is 7.49. The Labute approximate surface area is 76.7 Å². The lowest BCUT2D eigenvalue weighted by Gasteiger charge is -2.02. The smallest absolute Gasteiger partial charge is 0.271 e. The molecule has 4 heteroatoms. The molecule has 0 radical (unpaired) electrons. The maximum atomic E-state index is 10.4. The van der Waals surface area contributed by atoms with Crippen LogP contribution >= 0.6 is 0 Å². The molecule has 0 bridgehead atoms. The second kappa shape index (κ2) is 4.45. The van der Waals surface area contributed by atoms with Gasteiger partial charge < -0.3 is 5.32 Å². The molecule has 0 spiro atoms. The lowest BCUT2D eigenvalue weighted by molar-refractivity contribution is -0.384. The topological polar surface area (TPSA) is 55.2 Å². The van der Waals surface area contributed by atoms with Crippen LogP contribution in [-0.2, 0) is 0 Å². The number of rotatable bonds is 4. The number of nitrogens with one attached hydrogen (secondary N) is 1. The largest absolute Gasteiger partial charge is 0.385 e. The van der Waals surface area contributed by atoms with Gasteiger partial charge >= 0.3 is 0 Å². The Bertz CT molecular complexity index is 299. The van der Waals surface area contributed by atoms with E-state index in [4.69, 9.17) is 0 Å². The first-order chi connectivity index (χ1) is 6.24. The van der Waals surface area contributed by atoms with E-state index in [9.17, 15) is 10.1 Å². The van der Waals surface area contributed by atoms with E-state index in [1.54, 1.807) is 6.07 Å². The van der Waals surface area contributed by atoms with Gasteiger partial charge in [-0.15, -0.1) is 0 Å². The molecule has 13 heavy (non-hydrogen) atoms. The summed E-state index contributed by atoms with van der Waals surface area (Å²) in [5, 5.41) is 13.5. The molecular formula is C9H12N2O2. The van der Waals surface area contributed by atoms with E-state index in [0.29, 0.717) is 0 Å². The van der Waals surface area contributed by atoms with Crippen LogP contribution in [0.15, 0.2) is 24.3 Å². The zero-order chi connectivity index (χ0) is 9.68. The SMILES string of the molecule is CCCNc1cccc([N+](=O)[O-])c1. The van der Waals surface area contributed by atoms with Crippen molar-refractivity contribution < 1.29 is 4.92 Å². The number of nitro benzene ring substituents is 1. The molecule has 0 aliphatic rings. The predicted molar refractivity (Wildman–Crippen MR) is 51.9 cm³/mol. The van der Waals surface area contributed by atoms with Crippen molar-refractivity contribution in [2.24, 2.45) is 0 Å². The highest BCUT2D eigenvalue weighted by Crippen LogP contribution is 2.16. The quantitative estimate of drug-likeness (QED) is 0.571. The molecule has 0 amide bonds. The molecule has 0 fully saturated rings. The minimum atomic E-state index is -0.392. The van der Waals surface area contributed by atoms with E-state index < -0.39 is 4.92 Å². The second-order valence-corrected chi connectivity index (χ2v) is 2.73. The Morgan fingerprint density at radius 3 is 2.92 bits per heavy atom. The highest BCUT2D eigenvalue weighted by molar-refractivity contribution is 5.50. The molecule has 1 rings (SSSR count). The van der Waals surface area contributed by atoms with Gasteiger partial charge in [-0.25, -0.2) is 0 Å². The summed E-state index contributed by atoms with van der Waals surface area (Å²) in [5.41, 5.74) is 0.928. The molecule has 0 aliphatic carbocycles. The van der Waals surface area contributed by atoms with Gasteiger partial charge in [-0.1, -0.05) is 13.0 Å². The lowest BCUT2D eigenvalue weighted by Crippen LogP contribution is -1.99. The number of benzene rings is 1. The highest BCUT2D eigenvalue weighted by atomic mass is 16.6. The van der Waals surface area contributed by atoms with Crippen molar-refractivity contribution in [2.45, 2.75) is 13.3 Å². The van der Waals surface area contributed by atoms with Crippen molar-refractivity contribution in [3.05, 3.63) is 34.4 Å². The minimum absolute atomic E-state index is 0.126. The van der Waals surface area contributed by atoms with Crippen molar-refractivity contribution in [3.63, 3.8) is 0 Å². The highest BCUT2D eigenvalue weighted by Gasteiger charge is 2.04. The molecule has 70 valence electrons. The van der Waals surface area contributed by atoms with Crippen LogP contribution < -0.4 is 5.32 Å². The molecule has 0 unspecified atom stereocenters. The molecule has 0 atom stereocenters. The third kappa shape index (κ3) is 2.74. The molecule has 0 saturated heterocycles. The van der Waals surface area contributed by atoms with Crippen LogP contribution in [0.25, 0.3) is 0 Å². The van der Waals surface area contributed by atoms with Crippen molar-refractivity contribution in [3.8, 4) is 0 Å². The zero-order valence-corrected chi connectivity index (χ0v) is 7.49. The summed E-state index contributed by atoms with van der Waals surface area (Å²) in [4.78, 5) is 10.0. The standard InChI is InChI=1S/C9H12N2O2/c1-2-6-10-8-4-3-5-9(7-8)11(12)13/h3-5,7,10H,2,6H2,1H3. The Morgan fingerprint density at radius 1 is 1.54 bits per heavy atom. The number of nitrogens with zero attached hydrogens (tertiary/aromatic N) is 1. The minimum Gasteiger partial charge on any atom is -0.385 e. The van der Waals surface area contributed by atoms with Gasteiger partial charge in [-0.2, -0.15) is 0 Å². The first-order valence-electron chi connectivity index (χ1n) is 4.22. The van der Waals surface area contributed by atoms with Gasteiger partial charge in [0.25, 0.3) is 5.69 Å². The third-order valence-electron chi connectivity index (χ3n) is 1.64. The monoisotopic (exact) mass is 180 g/mol. The summed E-state index contributed by atoms with van der Waals surface area (Å²) in [6.07, 6.45) is 1.00. The third-order valence-corrected chi connectivity index (χ3v) is 1.64. The van der Waals surface area contributed by atoms with Gasteiger partial charge in [-0.3, -0.25) is 10.1 Å². The van der Waals surface area contributed by atoms with E-state index in [1.165, 1.54) is 12.1 Å². The lowest BCUT2D eigenvalue weighted by atomic mass is 10.3. The van der Waals surface area contributed by atoms with E-state index in [-0.39, 0.29) is 5.69 Å². The number of anilines is 1. The summed E-state index contributed by atoms with van der Waals surface area (Å²) in [5.74, 6) is 0. The summed E-state index contributed by atoms with van der Waals surface area (Å²) in [7, 11) is 0. The fraction of sp³-hybridized carbons (Fsp3) is 0.333. The average Bonchev–Trinajstić information content (AvgIpc) is 2.15. The molecule has 1 aromatic rings. The normalized spacial score (nSPS) is 9.62. The maximum absolute atomic E-state index is 10.4. The molecule has 0 aromatic heterocycles. The van der Waals surface area contributed by atoms with Crippen LogP contribution in [0, 0.1) is 10.1 Å². The summed E-state index contributed by atoms with van der Waals surface area (Å²) in [6.45, 7) is 2.88. The van der Waals surface area contributed by atoms with Crippen LogP contribution in [0.2, 0.25) is 0 Å². The first kappa shape index (κ1) is 9.51. The van der Waals surface area contributed by atoms with Gasteiger partial charge in [0.2, 0.25) is 0 Å². The molecule has 0 heterocycles. The molecular weight excluding hydrogens is 168 g/mol. The van der Waals surface area contributed by atoms with Crippen LogP contribution in [0.3, 0.4) is 0 Å². The van der Waals surface area contributed by atoms with Gasteiger partial charge in [-0.05, 0) is 12.5 Å². The summed E-state index contributed by atoms with van der Waals surface area (Å²) < 4.78 is 0. The average molecular weight is 180 g/mol. The van der Waals surface area contributed by atoms with Gasteiger partial charge in [0.15, 0.2) is 0 Å². The summed E-state index contributed by atoms with van der Waals surface area (Å²) in [6, 6.07) is 6.52. The number of non-ortho nitro benzene ring substituents is 1. The van der Waals surface area contributed by atoms with E-state index in [1.807, 2.05) is 13.0 Å². The molecule has 1 aromatic carbocycles. The van der Waals surface area contributed by atoms with Crippen molar-refractivity contribution >= 4 is 11.4 Å². The van der Waals surface area contributed by atoms with E-state index >= 15 is 0 Å². The predicted octanol–water partition coefficient (Wildman–Crippen LogP) is 2.42. The number of hydrogen-bond donors (Lipinski definition) is 1. The molecule has 1 N–H and O–H groups in total. The van der Waals surface area contributed by atoms with Crippen LogP contribution in [0.4, 0.5) is 11.4 Å².